The SMILES string of the molecule is COc1ccc(CCNC(=O)c2nnc(-c3oc4c(C)cccc4c3C)o2)cc1OC. The molecule has 0 unspecified atom stereocenters. The van der Waals surface area contributed by atoms with E-state index in [-0.39, 0.29) is 11.8 Å². The molecule has 31 heavy (non-hydrogen) atoms. The number of fused-ring (bicyclic) bond motifs is 1. The van der Waals surface area contributed by atoms with Crippen molar-refractivity contribution in [1.29, 1.82) is 0 Å². The Balaban J connectivity index is 1.43. The first-order valence-corrected chi connectivity index (χ1v) is 9.83. The molecule has 2 aromatic heterocycles. The van der Waals surface area contributed by atoms with E-state index in [9.17, 15) is 4.79 Å². The molecule has 8 nitrogen and oxygen atoms in total. The predicted octanol–water partition coefficient (Wildman–Crippen LogP) is 4.09. The first kappa shape index (κ1) is 20.5. The normalized spacial score (nSPS) is 11.0. The van der Waals surface area contributed by atoms with Crippen LogP contribution in [0.15, 0.2) is 45.2 Å². The maximum absolute atomic E-state index is 12.4. The summed E-state index contributed by atoms with van der Waals surface area (Å²) in [6.45, 7) is 4.29. The zero-order valence-corrected chi connectivity index (χ0v) is 17.8. The highest BCUT2D eigenvalue weighted by molar-refractivity contribution is 5.90. The van der Waals surface area contributed by atoms with Crippen LogP contribution in [0, 0.1) is 13.8 Å². The second-order valence-electron chi connectivity index (χ2n) is 7.12. The van der Waals surface area contributed by atoms with Crippen LogP contribution in [-0.2, 0) is 6.42 Å². The highest BCUT2D eigenvalue weighted by Crippen LogP contribution is 2.33. The quantitative estimate of drug-likeness (QED) is 0.480. The Labute approximate surface area is 179 Å². The number of hydrogen-bond donors (Lipinski definition) is 1. The van der Waals surface area contributed by atoms with Gasteiger partial charge in [-0.25, -0.2) is 0 Å². The lowest BCUT2D eigenvalue weighted by Gasteiger charge is -2.09. The van der Waals surface area contributed by atoms with Crippen molar-refractivity contribution < 1.29 is 23.1 Å². The third-order valence-electron chi connectivity index (χ3n) is 5.12. The molecule has 0 aliphatic heterocycles. The number of aromatic nitrogens is 2. The van der Waals surface area contributed by atoms with Gasteiger partial charge in [0, 0.05) is 17.5 Å². The van der Waals surface area contributed by atoms with Gasteiger partial charge in [0.2, 0.25) is 0 Å². The van der Waals surface area contributed by atoms with Gasteiger partial charge in [-0.3, -0.25) is 4.79 Å². The fraction of sp³-hybridized carbons (Fsp3) is 0.261. The number of benzene rings is 2. The average Bonchev–Trinajstić information content (AvgIpc) is 3.39. The monoisotopic (exact) mass is 421 g/mol. The van der Waals surface area contributed by atoms with E-state index in [0.29, 0.717) is 30.2 Å². The minimum Gasteiger partial charge on any atom is -0.493 e. The molecular formula is C23H23N3O5. The predicted molar refractivity (Wildman–Crippen MR) is 115 cm³/mol. The van der Waals surface area contributed by atoms with Crippen LogP contribution in [0.2, 0.25) is 0 Å². The number of rotatable bonds is 7. The van der Waals surface area contributed by atoms with Crippen molar-refractivity contribution in [2.24, 2.45) is 0 Å². The van der Waals surface area contributed by atoms with Gasteiger partial charge in [0.15, 0.2) is 17.3 Å². The summed E-state index contributed by atoms with van der Waals surface area (Å²) in [4.78, 5) is 12.4. The zero-order valence-electron chi connectivity index (χ0n) is 17.8. The Morgan fingerprint density at radius 3 is 2.58 bits per heavy atom. The number of hydrogen-bond acceptors (Lipinski definition) is 7. The van der Waals surface area contributed by atoms with Gasteiger partial charge < -0.3 is 23.6 Å². The molecule has 0 saturated heterocycles. The number of carbonyl (C=O) groups is 1. The van der Waals surface area contributed by atoms with E-state index in [1.807, 2.05) is 50.2 Å². The van der Waals surface area contributed by atoms with Crippen LogP contribution in [0.3, 0.4) is 0 Å². The number of nitrogens with zero attached hydrogens (tertiary/aromatic N) is 2. The van der Waals surface area contributed by atoms with E-state index in [0.717, 1.165) is 27.7 Å². The van der Waals surface area contributed by atoms with Crippen molar-refractivity contribution in [3.8, 4) is 23.1 Å². The van der Waals surface area contributed by atoms with Gasteiger partial charge in [0.05, 0.1) is 14.2 Å². The van der Waals surface area contributed by atoms with Crippen LogP contribution >= 0.6 is 0 Å². The molecule has 1 N–H and O–H groups in total. The molecular weight excluding hydrogens is 398 g/mol. The van der Waals surface area contributed by atoms with Gasteiger partial charge in [0.25, 0.3) is 5.89 Å². The van der Waals surface area contributed by atoms with Crippen molar-refractivity contribution in [2.75, 3.05) is 20.8 Å². The summed E-state index contributed by atoms with van der Waals surface area (Å²) < 4.78 is 22.1. The van der Waals surface area contributed by atoms with Gasteiger partial charge in [-0.05, 0) is 43.5 Å². The number of nitrogens with one attached hydrogen (secondary N) is 1. The fourth-order valence-electron chi connectivity index (χ4n) is 3.43. The summed E-state index contributed by atoms with van der Waals surface area (Å²) in [5.41, 5.74) is 3.67. The zero-order chi connectivity index (χ0) is 22.0. The average molecular weight is 421 g/mol. The van der Waals surface area contributed by atoms with E-state index in [1.165, 1.54) is 0 Å². The number of amides is 1. The Morgan fingerprint density at radius 1 is 1.03 bits per heavy atom. The molecule has 160 valence electrons. The molecule has 0 radical (unpaired) electrons. The minimum absolute atomic E-state index is 0.112. The Hall–Kier alpha value is -3.81. The minimum atomic E-state index is -0.441. The van der Waals surface area contributed by atoms with Crippen LogP contribution in [-0.4, -0.2) is 36.9 Å². The van der Waals surface area contributed by atoms with E-state index >= 15 is 0 Å². The third kappa shape index (κ3) is 3.96. The van der Waals surface area contributed by atoms with E-state index in [4.69, 9.17) is 18.3 Å². The molecule has 1 amide bonds. The van der Waals surface area contributed by atoms with Crippen LogP contribution in [0.4, 0.5) is 0 Å². The summed E-state index contributed by atoms with van der Waals surface area (Å²) in [5, 5.41) is 11.6. The number of carbonyl (C=O) groups excluding carboxylic acids is 1. The Morgan fingerprint density at radius 2 is 1.84 bits per heavy atom. The first-order valence-electron chi connectivity index (χ1n) is 9.83. The molecule has 4 rings (SSSR count). The standard InChI is InChI=1S/C23H23N3O5/c1-13-6-5-7-16-14(2)20(30-19(13)16)22-25-26-23(31-22)21(27)24-11-10-15-8-9-17(28-3)18(12-15)29-4/h5-9,12H,10-11H2,1-4H3,(H,24,27). The van der Waals surface area contributed by atoms with Crippen molar-refractivity contribution in [3.05, 3.63) is 59.0 Å². The molecule has 0 saturated carbocycles. The maximum Gasteiger partial charge on any atom is 0.308 e. The summed E-state index contributed by atoms with van der Waals surface area (Å²) in [6, 6.07) is 11.5. The maximum atomic E-state index is 12.4. The summed E-state index contributed by atoms with van der Waals surface area (Å²) in [7, 11) is 3.17. The second kappa shape index (κ2) is 8.51. The largest absolute Gasteiger partial charge is 0.493 e. The Kier molecular flexibility index (Phi) is 5.62. The highest BCUT2D eigenvalue weighted by atomic mass is 16.5. The van der Waals surface area contributed by atoms with Crippen molar-refractivity contribution in [1.82, 2.24) is 15.5 Å². The number of methoxy groups -OCH3 is 2. The molecule has 2 aromatic carbocycles. The summed E-state index contributed by atoms with van der Waals surface area (Å²) in [5.74, 6) is 1.40. The number of aryl methyl sites for hydroxylation is 2. The van der Waals surface area contributed by atoms with Gasteiger partial charge in [0.1, 0.15) is 5.58 Å². The molecule has 0 fully saturated rings. The van der Waals surface area contributed by atoms with Gasteiger partial charge in [-0.2, -0.15) is 0 Å². The van der Waals surface area contributed by atoms with Gasteiger partial charge in [-0.15, -0.1) is 10.2 Å². The van der Waals surface area contributed by atoms with E-state index < -0.39 is 5.91 Å². The third-order valence-corrected chi connectivity index (χ3v) is 5.12. The molecule has 4 aromatic rings. The lowest BCUT2D eigenvalue weighted by molar-refractivity contribution is 0.0920. The smallest absolute Gasteiger partial charge is 0.308 e. The molecule has 0 aliphatic rings. The van der Waals surface area contributed by atoms with Crippen molar-refractivity contribution >= 4 is 16.9 Å². The van der Waals surface area contributed by atoms with Crippen LogP contribution in [0.1, 0.15) is 27.4 Å². The lowest BCUT2D eigenvalue weighted by Crippen LogP contribution is -2.26. The molecule has 0 spiro atoms. The molecule has 0 bridgehead atoms. The van der Waals surface area contributed by atoms with E-state index in [2.05, 4.69) is 15.5 Å². The Bertz CT molecular complexity index is 1240. The number of para-hydroxylation sites is 1. The molecule has 2 heterocycles. The molecule has 0 aliphatic carbocycles. The van der Waals surface area contributed by atoms with Crippen LogP contribution in [0.25, 0.3) is 22.6 Å². The van der Waals surface area contributed by atoms with Gasteiger partial charge >= 0.3 is 11.8 Å². The molecule has 8 heteroatoms. The second-order valence-corrected chi connectivity index (χ2v) is 7.12. The first-order chi connectivity index (χ1) is 15.0. The summed E-state index contributed by atoms with van der Waals surface area (Å²) in [6.07, 6.45) is 0.606. The lowest BCUT2D eigenvalue weighted by atomic mass is 10.1. The van der Waals surface area contributed by atoms with E-state index in [1.54, 1.807) is 14.2 Å². The molecule has 0 atom stereocenters. The van der Waals surface area contributed by atoms with Crippen molar-refractivity contribution in [2.45, 2.75) is 20.3 Å². The fourth-order valence-corrected chi connectivity index (χ4v) is 3.43. The van der Waals surface area contributed by atoms with Crippen LogP contribution < -0.4 is 14.8 Å². The van der Waals surface area contributed by atoms with Crippen molar-refractivity contribution in [3.63, 3.8) is 0 Å². The topological polar surface area (TPSA) is 99.6 Å². The van der Waals surface area contributed by atoms with Crippen LogP contribution in [0.5, 0.6) is 11.5 Å². The van der Waals surface area contributed by atoms with Gasteiger partial charge in [-0.1, -0.05) is 24.3 Å². The number of furan rings is 1. The number of ether oxygens (including phenoxy) is 2. The summed E-state index contributed by atoms with van der Waals surface area (Å²) >= 11 is 0. The highest BCUT2D eigenvalue weighted by Gasteiger charge is 2.21.